The van der Waals surface area contributed by atoms with Gasteiger partial charge >= 0.3 is 6.09 Å². The first kappa shape index (κ1) is 16.3. The van der Waals surface area contributed by atoms with Gasteiger partial charge in [-0.15, -0.1) is 0 Å². The number of ether oxygens (including phenoxy) is 1. The summed E-state index contributed by atoms with van der Waals surface area (Å²) in [6, 6.07) is 8.47. The Labute approximate surface area is 138 Å². The number of carbonyl (C=O) groups is 1. The molecule has 1 amide bonds. The second-order valence-corrected chi connectivity index (χ2v) is 7.88. The lowest BCUT2D eigenvalue weighted by molar-refractivity contribution is 0.0263. The number of nitrogens with zero attached hydrogens (tertiary/aromatic N) is 1. The van der Waals surface area contributed by atoms with E-state index in [1.807, 2.05) is 20.8 Å². The molecule has 3 unspecified atom stereocenters. The minimum atomic E-state index is -0.469. The van der Waals surface area contributed by atoms with Gasteiger partial charge in [-0.1, -0.05) is 24.3 Å². The first-order chi connectivity index (χ1) is 10.8. The van der Waals surface area contributed by atoms with Crippen molar-refractivity contribution in [2.24, 2.45) is 5.92 Å². The molecule has 1 N–H and O–H groups in total. The van der Waals surface area contributed by atoms with Crippen molar-refractivity contribution in [3.05, 3.63) is 35.4 Å². The van der Waals surface area contributed by atoms with E-state index in [4.69, 9.17) is 4.74 Å². The van der Waals surface area contributed by atoms with E-state index in [2.05, 4.69) is 24.3 Å². The van der Waals surface area contributed by atoms with Gasteiger partial charge < -0.3 is 14.7 Å². The number of aliphatic hydroxyl groups excluding tert-OH is 1. The molecule has 0 aromatic heterocycles. The van der Waals surface area contributed by atoms with E-state index >= 15 is 0 Å². The van der Waals surface area contributed by atoms with Crippen LogP contribution in [0.15, 0.2) is 24.3 Å². The predicted octanol–water partition coefficient (Wildman–Crippen LogP) is 3.33. The Morgan fingerprint density at radius 2 is 2.13 bits per heavy atom. The number of hydrogen-bond acceptors (Lipinski definition) is 3. The van der Waals surface area contributed by atoms with Gasteiger partial charge in [-0.05, 0) is 57.1 Å². The number of benzene rings is 1. The lowest BCUT2D eigenvalue weighted by Gasteiger charge is -2.33. The minimum Gasteiger partial charge on any atom is -0.444 e. The van der Waals surface area contributed by atoms with E-state index in [9.17, 15) is 9.90 Å². The Morgan fingerprint density at radius 1 is 1.39 bits per heavy atom. The smallest absolute Gasteiger partial charge is 0.410 e. The normalized spacial score (nSPS) is 24.8. The van der Waals surface area contributed by atoms with E-state index in [0.29, 0.717) is 19.0 Å². The third-order valence-electron chi connectivity index (χ3n) is 4.91. The molecular weight excluding hydrogens is 290 g/mol. The fourth-order valence-electron chi connectivity index (χ4n) is 3.65. The maximum absolute atomic E-state index is 12.1. The van der Waals surface area contributed by atoms with Crippen molar-refractivity contribution < 1.29 is 14.6 Å². The molecule has 0 spiro atoms. The number of aliphatic hydroxyl groups is 1. The van der Waals surface area contributed by atoms with Crippen LogP contribution in [0.2, 0.25) is 0 Å². The second kappa shape index (κ2) is 6.16. The zero-order valence-electron chi connectivity index (χ0n) is 14.3. The Hall–Kier alpha value is -1.55. The van der Waals surface area contributed by atoms with Crippen LogP contribution in [0.4, 0.5) is 4.79 Å². The zero-order chi connectivity index (χ0) is 16.6. The van der Waals surface area contributed by atoms with Gasteiger partial charge in [0.05, 0.1) is 6.10 Å². The predicted molar refractivity (Wildman–Crippen MR) is 89.4 cm³/mol. The molecule has 1 fully saturated rings. The summed E-state index contributed by atoms with van der Waals surface area (Å²) >= 11 is 0. The van der Waals surface area contributed by atoms with Crippen LogP contribution in [0.25, 0.3) is 0 Å². The lowest BCUT2D eigenvalue weighted by Crippen LogP contribution is -2.36. The molecule has 1 aromatic carbocycles. The second-order valence-electron chi connectivity index (χ2n) is 7.88. The molecule has 1 heterocycles. The van der Waals surface area contributed by atoms with Gasteiger partial charge in [0.25, 0.3) is 0 Å². The molecule has 0 saturated carbocycles. The number of hydrogen-bond donors (Lipinski definition) is 1. The van der Waals surface area contributed by atoms with Crippen LogP contribution in [-0.2, 0) is 11.2 Å². The van der Waals surface area contributed by atoms with Crippen LogP contribution in [-0.4, -0.2) is 40.9 Å². The topological polar surface area (TPSA) is 49.8 Å². The highest BCUT2D eigenvalue weighted by molar-refractivity contribution is 5.68. The zero-order valence-corrected chi connectivity index (χ0v) is 14.3. The van der Waals surface area contributed by atoms with Crippen LogP contribution < -0.4 is 0 Å². The highest BCUT2D eigenvalue weighted by Crippen LogP contribution is 2.39. The molecule has 2 aliphatic rings. The molecule has 1 saturated heterocycles. The van der Waals surface area contributed by atoms with Gasteiger partial charge in [0.1, 0.15) is 5.60 Å². The van der Waals surface area contributed by atoms with Crippen LogP contribution in [0.1, 0.15) is 50.7 Å². The number of fused-ring (bicyclic) bond motifs is 1. The molecule has 3 atom stereocenters. The van der Waals surface area contributed by atoms with Gasteiger partial charge in [-0.3, -0.25) is 0 Å². The van der Waals surface area contributed by atoms with Crippen LogP contribution in [0.5, 0.6) is 0 Å². The fourth-order valence-corrected chi connectivity index (χ4v) is 3.65. The molecule has 3 rings (SSSR count). The van der Waals surface area contributed by atoms with Gasteiger partial charge in [0, 0.05) is 19.0 Å². The van der Waals surface area contributed by atoms with Gasteiger partial charge in [-0.25, -0.2) is 4.79 Å². The summed E-state index contributed by atoms with van der Waals surface area (Å²) in [5, 5.41) is 10.6. The molecule has 4 nitrogen and oxygen atoms in total. The maximum Gasteiger partial charge on any atom is 0.410 e. The number of amides is 1. The molecule has 23 heavy (non-hydrogen) atoms. The summed E-state index contributed by atoms with van der Waals surface area (Å²) < 4.78 is 5.41. The largest absolute Gasteiger partial charge is 0.444 e. The summed E-state index contributed by atoms with van der Waals surface area (Å²) in [5.74, 6) is 0.632. The van der Waals surface area contributed by atoms with E-state index in [-0.39, 0.29) is 18.1 Å². The molecule has 0 radical (unpaired) electrons. The van der Waals surface area contributed by atoms with E-state index in [1.165, 1.54) is 11.1 Å². The molecule has 1 aliphatic carbocycles. The standard InChI is InChI=1S/C19H27NO3/c1-19(2,3)23-18(22)20-9-8-14(12-20)17(21)11-15-10-13-6-4-5-7-16(13)15/h4-7,14-15,17,21H,8-12H2,1-3H3. The number of carbonyl (C=O) groups excluding carboxylic acids is 1. The summed E-state index contributed by atoms with van der Waals surface area (Å²) in [7, 11) is 0. The number of likely N-dealkylation sites (tertiary alicyclic amines) is 1. The van der Waals surface area contributed by atoms with E-state index < -0.39 is 5.60 Å². The molecular formula is C19H27NO3. The molecule has 0 bridgehead atoms. The first-order valence-corrected chi connectivity index (χ1v) is 8.57. The fraction of sp³-hybridized carbons (Fsp3) is 0.632. The summed E-state index contributed by atoms with van der Waals surface area (Å²) in [4.78, 5) is 13.8. The maximum atomic E-state index is 12.1. The number of rotatable bonds is 3. The monoisotopic (exact) mass is 317 g/mol. The van der Waals surface area contributed by atoms with E-state index in [1.54, 1.807) is 4.90 Å². The lowest BCUT2D eigenvalue weighted by atomic mass is 9.73. The van der Waals surface area contributed by atoms with Crippen LogP contribution in [0, 0.1) is 5.92 Å². The van der Waals surface area contributed by atoms with Crippen molar-refractivity contribution in [3.63, 3.8) is 0 Å². The highest BCUT2D eigenvalue weighted by Gasteiger charge is 2.36. The first-order valence-electron chi connectivity index (χ1n) is 8.57. The van der Waals surface area contributed by atoms with Crippen molar-refractivity contribution in [3.8, 4) is 0 Å². The SMILES string of the molecule is CC(C)(C)OC(=O)N1CCC(C(O)CC2Cc3ccccc32)C1. The highest BCUT2D eigenvalue weighted by atomic mass is 16.6. The van der Waals surface area contributed by atoms with Gasteiger partial charge in [-0.2, -0.15) is 0 Å². The summed E-state index contributed by atoms with van der Waals surface area (Å²) in [6.45, 7) is 6.91. The van der Waals surface area contributed by atoms with Crippen LogP contribution in [0.3, 0.4) is 0 Å². The minimum absolute atomic E-state index is 0.162. The van der Waals surface area contributed by atoms with Crippen molar-refractivity contribution in [1.82, 2.24) is 4.90 Å². The Balaban J connectivity index is 1.50. The third kappa shape index (κ3) is 3.69. The average molecular weight is 317 g/mol. The van der Waals surface area contributed by atoms with E-state index in [0.717, 1.165) is 19.3 Å². The quantitative estimate of drug-likeness (QED) is 0.930. The average Bonchev–Trinajstić information content (AvgIpc) is 2.93. The summed E-state index contributed by atoms with van der Waals surface area (Å²) in [5.41, 5.74) is 2.32. The molecule has 4 heteroatoms. The van der Waals surface area contributed by atoms with Crippen molar-refractivity contribution in [2.45, 2.75) is 57.7 Å². The Kier molecular flexibility index (Phi) is 4.37. The summed E-state index contributed by atoms with van der Waals surface area (Å²) in [6.07, 6.45) is 2.11. The molecule has 1 aliphatic heterocycles. The van der Waals surface area contributed by atoms with Gasteiger partial charge in [0.2, 0.25) is 0 Å². The van der Waals surface area contributed by atoms with Gasteiger partial charge in [0.15, 0.2) is 0 Å². The van der Waals surface area contributed by atoms with Crippen molar-refractivity contribution in [1.29, 1.82) is 0 Å². The Morgan fingerprint density at radius 3 is 2.83 bits per heavy atom. The van der Waals surface area contributed by atoms with Crippen molar-refractivity contribution in [2.75, 3.05) is 13.1 Å². The van der Waals surface area contributed by atoms with Crippen molar-refractivity contribution >= 4 is 6.09 Å². The van der Waals surface area contributed by atoms with Crippen LogP contribution >= 0.6 is 0 Å². The molecule has 126 valence electrons. The Bertz CT molecular complexity index is 578. The third-order valence-corrected chi connectivity index (χ3v) is 4.91. The molecule has 1 aromatic rings.